The Bertz CT molecular complexity index is 678. The van der Waals surface area contributed by atoms with Crippen molar-refractivity contribution < 1.29 is 4.74 Å². The lowest BCUT2D eigenvalue weighted by atomic mass is 10.2. The molecule has 0 saturated carbocycles. The second kappa shape index (κ2) is 7.61. The van der Waals surface area contributed by atoms with Gasteiger partial charge in [-0.05, 0) is 26.7 Å². The van der Waals surface area contributed by atoms with Crippen LogP contribution in [0.25, 0.3) is 0 Å². The van der Waals surface area contributed by atoms with Crippen molar-refractivity contribution in [3.05, 3.63) is 29.5 Å². The fourth-order valence-corrected chi connectivity index (χ4v) is 2.91. The molecule has 1 fully saturated rings. The molecule has 0 atom stereocenters. The maximum absolute atomic E-state index is 5.15. The van der Waals surface area contributed by atoms with Gasteiger partial charge in [0.15, 0.2) is 0 Å². The number of hydrogen-bond donors (Lipinski definition) is 1. The van der Waals surface area contributed by atoms with Crippen molar-refractivity contribution in [1.82, 2.24) is 19.5 Å². The molecule has 0 spiro atoms. The smallest absolute Gasteiger partial charge is 0.227 e. The second-order valence-electron chi connectivity index (χ2n) is 6.20. The Labute approximate surface area is 143 Å². The van der Waals surface area contributed by atoms with E-state index in [2.05, 4.69) is 31.7 Å². The van der Waals surface area contributed by atoms with E-state index in [-0.39, 0.29) is 0 Å². The number of aromatic nitrogens is 4. The summed E-state index contributed by atoms with van der Waals surface area (Å²) in [6.07, 6.45) is 6.16. The molecule has 2 aromatic rings. The van der Waals surface area contributed by atoms with Crippen LogP contribution in [0.3, 0.4) is 0 Å². The van der Waals surface area contributed by atoms with Gasteiger partial charge in [0.25, 0.3) is 0 Å². The van der Waals surface area contributed by atoms with Crippen molar-refractivity contribution >= 4 is 11.8 Å². The molecule has 1 aliphatic heterocycles. The van der Waals surface area contributed by atoms with Crippen LogP contribution >= 0.6 is 0 Å². The van der Waals surface area contributed by atoms with Gasteiger partial charge in [0, 0.05) is 44.2 Å². The van der Waals surface area contributed by atoms with Crippen LogP contribution in [0, 0.1) is 13.8 Å². The zero-order valence-electron chi connectivity index (χ0n) is 14.7. The Morgan fingerprint density at radius 1 is 1.21 bits per heavy atom. The molecule has 130 valence electrons. The molecular formula is C17H26N6O. The van der Waals surface area contributed by atoms with Gasteiger partial charge in [0.1, 0.15) is 5.82 Å². The highest BCUT2D eigenvalue weighted by molar-refractivity contribution is 5.50. The second-order valence-corrected chi connectivity index (χ2v) is 6.20. The SMILES string of the molecule is COCCn1cncc1CNc1nc(N2CCCC2)nc(C)c1C. The van der Waals surface area contributed by atoms with Crippen LogP contribution in [-0.4, -0.2) is 46.3 Å². The molecule has 0 radical (unpaired) electrons. The van der Waals surface area contributed by atoms with Gasteiger partial charge >= 0.3 is 0 Å². The van der Waals surface area contributed by atoms with Gasteiger partial charge in [-0.3, -0.25) is 0 Å². The van der Waals surface area contributed by atoms with Crippen LogP contribution in [0.4, 0.5) is 11.8 Å². The normalized spacial score (nSPS) is 14.4. The summed E-state index contributed by atoms with van der Waals surface area (Å²) < 4.78 is 7.24. The number of nitrogens with one attached hydrogen (secondary N) is 1. The number of imidazole rings is 1. The number of nitrogens with zero attached hydrogens (tertiary/aromatic N) is 5. The molecule has 2 aromatic heterocycles. The fraction of sp³-hybridized carbons (Fsp3) is 0.588. The van der Waals surface area contributed by atoms with E-state index >= 15 is 0 Å². The Kier molecular flexibility index (Phi) is 5.30. The fourth-order valence-electron chi connectivity index (χ4n) is 2.91. The molecule has 0 amide bonds. The molecule has 1 N–H and O–H groups in total. The molecule has 0 unspecified atom stereocenters. The third kappa shape index (κ3) is 3.67. The molecule has 7 heteroatoms. The van der Waals surface area contributed by atoms with Crippen LogP contribution in [0.5, 0.6) is 0 Å². The van der Waals surface area contributed by atoms with E-state index in [1.54, 1.807) is 7.11 Å². The van der Waals surface area contributed by atoms with Gasteiger partial charge in [-0.2, -0.15) is 4.98 Å². The summed E-state index contributed by atoms with van der Waals surface area (Å²) in [5, 5.41) is 3.46. The highest BCUT2D eigenvalue weighted by Crippen LogP contribution is 2.22. The average molecular weight is 330 g/mol. The molecule has 1 aliphatic rings. The van der Waals surface area contributed by atoms with Crippen molar-refractivity contribution in [2.75, 3.05) is 37.0 Å². The first-order chi connectivity index (χ1) is 11.7. The van der Waals surface area contributed by atoms with Gasteiger partial charge in [-0.1, -0.05) is 0 Å². The summed E-state index contributed by atoms with van der Waals surface area (Å²) >= 11 is 0. The minimum Gasteiger partial charge on any atom is -0.383 e. The lowest BCUT2D eigenvalue weighted by molar-refractivity contribution is 0.186. The van der Waals surface area contributed by atoms with Gasteiger partial charge in [-0.25, -0.2) is 9.97 Å². The highest BCUT2D eigenvalue weighted by atomic mass is 16.5. The van der Waals surface area contributed by atoms with Gasteiger partial charge in [0.05, 0.1) is 25.2 Å². The van der Waals surface area contributed by atoms with E-state index in [1.165, 1.54) is 12.8 Å². The minimum absolute atomic E-state index is 0.675. The predicted molar refractivity (Wildman–Crippen MR) is 94.4 cm³/mol. The number of aryl methyl sites for hydroxylation is 1. The summed E-state index contributed by atoms with van der Waals surface area (Å²) in [6, 6.07) is 0. The predicted octanol–water partition coefficient (Wildman–Crippen LogP) is 2.15. The number of ether oxygens (including phenoxy) is 1. The van der Waals surface area contributed by atoms with Crippen LogP contribution in [-0.2, 0) is 17.8 Å². The maximum atomic E-state index is 5.15. The molecule has 0 aliphatic carbocycles. The number of anilines is 2. The molecule has 24 heavy (non-hydrogen) atoms. The van der Waals surface area contributed by atoms with Crippen LogP contribution in [0.2, 0.25) is 0 Å². The van der Waals surface area contributed by atoms with Crippen molar-refractivity contribution in [3.63, 3.8) is 0 Å². The Balaban J connectivity index is 1.73. The first-order valence-corrected chi connectivity index (χ1v) is 8.51. The molecule has 7 nitrogen and oxygen atoms in total. The van der Waals surface area contributed by atoms with Crippen LogP contribution in [0.1, 0.15) is 29.8 Å². The molecular weight excluding hydrogens is 304 g/mol. The summed E-state index contributed by atoms with van der Waals surface area (Å²) in [6.45, 7) is 8.36. The quantitative estimate of drug-likeness (QED) is 0.839. The number of rotatable bonds is 7. The van der Waals surface area contributed by atoms with E-state index in [4.69, 9.17) is 9.72 Å². The third-order valence-corrected chi connectivity index (χ3v) is 4.54. The summed E-state index contributed by atoms with van der Waals surface area (Å²) in [7, 11) is 1.71. The monoisotopic (exact) mass is 330 g/mol. The van der Waals surface area contributed by atoms with Crippen molar-refractivity contribution in [3.8, 4) is 0 Å². The maximum Gasteiger partial charge on any atom is 0.227 e. The highest BCUT2D eigenvalue weighted by Gasteiger charge is 2.17. The number of hydrogen-bond acceptors (Lipinski definition) is 6. The van der Waals surface area contributed by atoms with Crippen LogP contribution < -0.4 is 10.2 Å². The van der Waals surface area contributed by atoms with E-state index in [0.29, 0.717) is 13.2 Å². The summed E-state index contributed by atoms with van der Waals surface area (Å²) in [5.74, 6) is 1.75. The molecule has 0 aromatic carbocycles. The molecule has 1 saturated heterocycles. The first kappa shape index (κ1) is 16.7. The number of methoxy groups -OCH3 is 1. The minimum atomic E-state index is 0.675. The summed E-state index contributed by atoms with van der Waals surface area (Å²) in [5.41, 5.74) is 3.24. The third-order valence-electron chi connectivity index (χ3n) is 4.54. The molecule has 0 bridgehead atoms. The largest absolute Gasteiger partial charge is 0.383 e. The van der Waals surface area contributed by atoms with Crippen molar-refractivity contribution in [2.45, 2.75) is 39.8 Å². The summed E-state index contributed by atoms with van der Waals surface area (Å²) in [4.78, 5) is 15.9. The standard InChI is InChI=1S/C17H26N6O/c1-13-14(2)20-17(22-6-4-5-7-22)21-16(13)19-11-15-10-18-12-23(15)8-9-24-3/h10,12H,4-9,11H2,1-3H3,(H,19,20,21). The zero-order valence-corrected chi connectivity index (χ0v) is 14.7. The molecule has 3 rings (SSSR count). The zero-order chi connectivity index (χ0) is 16.9. The van der Waals surface area contributed by atoms with Gasteiger partial charge in [0.2, 0.25) is 5.95 Å². The van der Waals surface area contributed by atoms with Crippen LogP contribution in [0.15, 0.2) is 12.5 Å². The lowest BCUT2D eigenvalue weighted by Gasteiger charge is -2.19. The van der Waals surface area contributed by atoms with E-state index in [9.17, 15) is 0 Å². The average Bonchev–Trinajstić information content (AvgIpc) is 3.25. The topological polar surface area (TPSA) is 68.1 Å². The Morgan fingerprint density at radius 2 is 2.00 bits per heavy atom. The first-order valence-electron chi connectivity index (χ1n) is 8.51. The van der Waals surface area contributed by atoms with Crippen molar-refractivity contribution in [1.29, 1.82) is 0 Å². The lowest BCUT2D eigenvalue weighted by Crippen LogP contribution is -2.22. The van der Waals surface area contributed by atoms with E-state index in [1.807, 2.05) is 19.4 Å². The van der Waals surface area contributed by atoms with E-state index < -0.39 is 0 Å². The molecule has 3 heterocycles. The van der Waals surface area contributed by atoms with Gasteiger partial charge in [-0.15, -0.1) is 0 Å². The van der Waals surface area contributed by atoms with E-state index in [0.717, 1.165) is 48.4 Å². The van der Waals surface area contributed by atoms with Crippen molar-refractivity contribution in [2.24, 2.45) is 0 Å². The Morgan fingerprint density at radius 3 is 2.75 bits per heavy atom. The Hall–Kier alpha value is -2.15. The van der Waals surface area contributed by atoms with Gasteiger partial charge < -0.3 is 19.5 Å².